The molecule has 112 valence electrons. The molecule has 0 fully saturated rings. The number of hydrogen-bond donors (Lipinski definition) is 4. The predicted octanol–water partition coefficient (Wildman–Crippen LogP) is -4.83. The van der Waals surface area contributed by atoms with Gasteiger partial charge in [0, 0.05) is 9.89 Å². The van der Waals surface area contributed by atoms with Crippen LogP contribution in [0.1, 0.15) is 2.85 Å². The molecule has 4 N–H and O–H groups in total. The number of hydrazine groups is 1. The van der Waals surface area contributed by atoms with Crippen LogP contribution >= 0.6 is 23.2 Å². The van der Waals surface area contributed by atoms with Gasteiger partial charge in [0.15, 0.2) is 0 Å². The van der Waals surface area contributed by atoms with Crippen molar-refractivity contribution in [2.45, 2.75) is 0 Å². The number of hydrogen-bond acceptors (Lipinski definition) is 6. The summed E-state index contributed by atoms with van der Waals surface area (Å²) in [5.74, 6) is -0.542. The van der Waals surface area contributed by atoms with Crippen molar-refractivity contribution >= 4 is 49.5 Å². The Hall–Kier alpha value is 1.18. The van der Waals surface area contributed by atoms with Crippen molar-refractivity contribution in [1.29, 1.82) is 0 Å². The van der Waals surface area contributed by atoms with E-state index in [1.54, 1.807) is 5.43 Å². The van der Waals surface area contributed by atoms with E-state index >= 15 is 0 Å². The summed E-state index contributed by atoms with van der Waals surface area (Å²) in [6, 6.07) is 1.76. The molecular formula is C6H8Cl2N2Na2O7S2. The minimum absolute atomic E-state index is 0. The van der Waals surface area contributed by atoms with Crippen LogP contribution in [0.25, 0.3) is 0 Å². The van der Waals surface area contributed by atoms with E-state index in [9.17, 15) is 21.9 Å². The molecule has 0 radical (unpaired) electrons. The fourth-order valence-electron chi connectivity index (χ4n) is 0.956. The molecule has 0 unspecified atom stereocenters. The minimum Gasteiger partial charge on any atom is -1.00 e. The van der Waals surface area contributed by atoms with Crippen LogP contribution in [-0.4, -0.2) is 34.9 Å². The molecule has 0 bridgehead atoms. The van der Waals surface area contributed by atoms with Crippen LogP contribution in [0.2, 0.25) is 10.0 Å². The predicted molar refractivity (Wildman–Crippen MR) is 68.9 cm³/mol. The fourth-order valence-corrected chi connectivity index (χ4v) is 2.76. The zero-order valence-corrected chi connectivity index (χ0v) is 17.8. The third-order valence-corrected chi connectivity index (χ3v) is 4.43. The molecule has 1 rings (SSSR count). The molecule has 1 aromatic carbocycles. The normalized spacial score (nSPS) is 11.5. The van der Waals surface area contributed by atoms with Crippen molar-refractivity contribution in [3.8, 4) is 5.75 Å². The van der Waals surface area contributed by atoms with Crippen LogP contribution in [0.5, 0.6) is 5.75 Å². The Morgan fingerprint density at radius 3 is 1.81 bits per heavy atom. The van der Waals surface area contributed by atoms with Gasteiger partial charge in [-0.25, -0.2) is 0 Å². The minimum atomic E-state index is -5.35. The van der Waals surface area contributed by atoms with Gasteiger partial charge >= 0.3 is 79.7 Å². The average Bonchev–Trinajstić information content (AvgIpc) is 2.17. The van der Waals surface area contributed by atoms with E-state index in [4.69, 9.17) is 32.3 Å². The van der Waals surface area contributed by atoms with Gasteiger partial charge in [-0.2, -0.15) is 16.8 Å². The van der Waals surface area contributed by atoms with E-state index in [2.05, 4.69) is 0 Å². The Bertz CT molecular complexity index is 690. The molecular weight excluding hydrogens is 393 g/mol. The molecule has 0 heterocycles. The average molecular weight is 401 g/mol. The molecule has 0 spiro atoms. The largest absolute Gasteiger partial charge is 1.00 e. The zero-order valence-electron chi connectivity index (χ0n) is 12.6. The van der Waals surface area contributed by atoms with Gasteiger partial charge in [0.1, 0.15) is 5.75 Å². The number of phenolic OH excluding ortho intramolecular Hbond substituents is 1. The Morgan fingerprint density at radius 1 is 1.00 bits per heavy atom. The maximum absolute atomic E-state index is 10.8. The SMILES string of the molecule is O=S(=O)(O)N(Nc1cc(O)c(Cl)cc1Cl)S(=O)(=O)O.[H-].[H-].[Na+].[Na+]. The summed E-state index contributed by atoms with van der Waals surface area (Å²) in [7, 11) is -10.7. The standard InChI is InChI=1S/C6H6Cl2N2O7S2.2Na.2H/c7-3-1-4(8)6(11)2-5(3)9-10(18(12,13)14)19(15,16)17;;;;/h1-2,9,11H,(H,12,13,14)(H,15,16,17);;;;/q;2*+1;2*-1. The number of aromatic hydroxyl groups is 1. The summed E-state index contributed by atoms with van der Waals surface area (Å²) in [5.41, 5.74) is 1.16. The van der Waals surface area contributed by atoms with Crippen molar-refractivity contribution < 1.29 is 93.0 Å². The molecule has 0 amide bonds. The zero-order chi connectivity index (χ0) is 15.0. The van der Waals surface area contributed by atoms with E-state index in [1.165, 1.54) is 0 Å². The smallest absolute Gasteiger partial charge is 1.00 e. The van der Waals surface area contributed by atoms with Gasteiger partial charge < -0.3 is 7.96 Å². The number of nitrogens with one attached hydrogen (secondary N) is 1. The summed E-state index contributed by atoms with van der Waals surface area (Å²) < 4.78 is 59.6. The molecule has 0 aromatic heterocycles. The van der Waals surface area contributed by atoms with Crippen molar-refractivity contribution in [2.75, 3.05) is 5.43 Å². The second kappa shape index (κ2) is 8.87. The van der Waals surface area contributed by atoms with Gasteiger partial charge in [0.25, 0.3) is 0 Å². The molecule has 0 saturated carbocycles. The van der Waals surface area contributed by atoms with E-state index < -0.39 is 35.9 Å². The topological polar surface area (TPSA) is 144 Å². The first-order chi connectivity index (χ1) is 8.43. The second-order valence-electron chi connectivity index (χ2n) is 3.05. The Balaban J connectivity index is -0.000000451. The molecule has 0 saturated heterocycles. The number of anilines is 1. The summed E-state index contributed by atoms with van der Waals surface area (Å²) in [5, 5.41) is 8.81. The molecule has 0 aliphatic heterocycles. The van der Waals surface area contributed by atoms with Gasteiger partial charge in [-0.1, -0.05) is 23.2 Å². The van der Waals surface area contributed by atoms with Gasteiger partial charge in [-0.15, -0.1) is 0 Å². The molecule has 0 atom stereocenters. The fraction of sp³-hybridized carbons (Fsp3) is 0. The molecule has 1 aromatic rings. The molecule has 9 nitrogen and oxygen atoms in total. The third-order valence-electron chi connectivity index (χ3n) is 1.67. The van der Waals surface area contributed by atoms with Crippen molar-refractivity contribution in [1.82, 2.24) is 3.82 Å². The second-order valence-corrected chi connectivity index (χ2v) is 6.62. The summed E-state index contributed by atoms with van der Waals surface area (Å²) >= 11 is 11.1. The van der Waals surface area contributed by atoms with Gasteiger partial charge in [-0.05, 0) is 6.07 Å². The van der Waals surface area contributed by atoms with E-state index in [-0.39, 0.29) is 72.0 Å². The summed E-state index contributed by atoms with van der Waals surface area (Å²) in [4.78, 5) is 0. The van der Waals surface area contributed by atoms with Crippen LogP contribution in [-0.2, 0) is 20.6 Å². The Kier molecular flexibility index (Phi) is 10.3. The summed E-state index contributed by atoms with van der Waals surface area (Å²) in [6.45, 7) is 0. The van der Waals surface area contributed by atoms with E-state index in [0.717, 1.165) is 12.1 Å². The summed E-state index contributed by atoms with van der Waals surface area (Å²) in [6.07, 6.45) is 0. The van der Waals surface area contributed by atoms with Crippen molar-refractivity contribution in [3.05, 3.63) is 22.2 Å². The number of halogens is 2. The molecule has 0 aliphatic rings. The van der Waals surface area contributed by atoms with Gasteiger partial charge in [0.05, 0.1) is 15.7 Å². The van der Waals surface area contributed by atoms with Crippen LogP contribution in [0.4, 0.5) is 5.69 Å². The number of phenols is 1. The van der Waals surface area contributed by atoms with Crippen LogP contribution in [0, 0.1) is 0 Å². The number of nitrogens with zero attached hydrogens (tertiary/aromatic N) is 1. The Morgan fingerprint density at radius 2 is 1.43 bits per heavy atom. The van der Waals surface area contributed by atoms with Gasteiger partial charge in [-0.3, -0.25) is 14.5 Å². The quantitative estimate of drug-likeness (QED) is 0.224. The van der Waals surface area contributed by atoms with Crippen LogP contribution < -0.4 is 64.5 Å². The number of benzene rings is 1. The first-order valence-electron chi connectivity index (χ1n) is 4.13. The molecule has 0 aliphatic carbocycles. The first-order valence-corrected chi connectivity index (χ1v) is 7.68. The maximum Gasteiger partial charge on any atom is 1.00 e. The van der Waals surface area contributed by atoms with E-state index in [0.29, 0.717) is 0 Å². The molecule has 15 heteroatoms. The maximum atomic E-state index is 10.8. The third kappa shape index (κ3) is 7.08. The molecule has 21 heavy (non-hydrogen) atoms. The Labute approximate surface area is 177 Å². The van der Waals surface area contributed by atoms with Crippen molar-refractivity contribution in [2.24, 2.45) is 0 Å². The number of rotatable bonds is 4. The monoisotopic (exact) mass is 400 g/mol. The van der Waals surface area contributed by atoms with Crippen LogP contribution in [0.15, 0.2) is 12.1 Å². The van der Waals surface area contributed by atoms with Crippen LogP contribution in [0.3, 0.4) is 0 Å². The first kappa shape index (κ1) is 24.4. The van der Waals surface area contributed by atoms with Gasteiger partial charge in [0.2, 0.25) is 0 Å². The van der Waals surface area contributed by atoms with Crippen molar-refractivity contribution in [3.63, 3.8) is 0 Å². The van der Waals surface area contributed by atoms with E-state index in [1.807, 2.05) is 0 Å².